The lowest BCUT2D eigenvalue weighted by Crippen LogP contribution is -2.24. The van der Waals surface area contributed by atoms with Gasteiger partial charge < -0.3 is 19.8 Å². The van der Waals surface area contributed by atoms with Crippen LogP contribution in [0.2, 0.25) is 0 Å². The van der Waals surface area contributed by atoms with E-state index in [0.29, 0.717) is 23.2 Å². The summed E-state index contributed by atoms with van der Waals surface area (Å²) in [4.78, 5) is 19.7. The molecule has 1 aromatic carbocycles. The van der Waals surface area contributed by atoms with Gasteiger partial charge in [0.15, 0.2) is 11.6 Å². The Morgan fingerprint density at radius 2 is 2.00 bits per heavy atom. The zero-order valence-corrected chi connectivity index (χ0v) is 15.5. The molecule has 0 saturated carbocycles. The van der Waals surface area contributed by atoms with Gasteiger partial charge in [-0.15, -0.1) is 0 Å². The van der Waals surface area contributed by atoms with E-state index in [1.54, 1.807) is 46.3 Å². The fourth-order valence-corrected chi connectivity index (χ4v) is 3.05. The number of aliphatic carboxylic acids is 1. The van der Waals surface area contributed by atoms with Gasteiger partial charge in [0.25, 0.3) is 0 Å². The first kappa shape index (κ1) is 17.7. The summed E-state index contributed by atoms with van der Waals surface area (Å²) in [6.45, 7) is 4.17. The molecule has 0 aliphatic heterocycles. The van der Waals surface area contributed by atoms with Crippen molar-refractivity contribution in [3.8, 4) is 11.6 Å². The summed E-state index contributed by atoms with van der Waals surface area (Å²) in [7, 11) is 0. The van der Waals surface area contributed by atoms with Crippen molar-refractivity contribution in [2.75, 3.05) is 5.32 Å². The maximum atomic E-state index is 10.8. The van der Waals surface area contributed by atoms with Crippen LogP contribution in [0.5, 0.6) is 0 Å². The number of nitrogens with zero attached hydrogens (tertiary/aromatic N) is 5. The first-order valence-electron chi connectivity index (χ1n) is 8.93. The maximum Gasteiger partial charge on any atom is 0.174 e. The van der Waals surface area contributed by atoms with Crippen molar-refractivity contribution in [1.82, 2.24) is 24.3 Å². The highest BCUT2D eigenvalue weighted by atomic mass is 16.4. The van der Waals surface area contributed by atoms with Crippen LogP contribution in [-0.2, 0) is 11.2 Å². The lowest BCUT2D eigenvalue weighted by molar-refractivity contribution is -0.304. The van der Waals surface area contributed by atoms with Crippen LogP contribution in [0.3, 0.4) is 0 Å². The van der Waals surface area contributed by atoms with E-state index in [-0.39, 0.29) is 6.42 Å². The fourth-order valence-electron chi connectivity index (χ4n) is 3.05. The average molecular weight is 375 g/mol. The highest BCUT2D eigenvalue weighted by molar-refractivity contribution is 5.83. The Morgan fingerprint density at radius 3 is 2.79 bits per heavy atom. The number of carbonyl (C=O) groups is 1. The van der Waals surface area contributed by atoms with Crippen molar-refractivity contribution in [2.24, 2.45) is 0 Å². The van der Waals surface area contributed by atoms with E-state index in [2.05, 4.69) is 34.2 Å². The van der Waals surface area contributed by atoms with Crippen LogP contribution in [0.1, 0.15) is 19.4 Å². The number of hydrogen-bond donors (Lipinski definition) is 1. The monoisotopic (exact) mass is 375 g/mol. The minimum Gasteiger partial charge on any atom is -0.550 e. The molecular formula is C20H19N6O2-. The van der Waals surface area contributed by atoms with Crippen molar-refractivity contribution in [3.63, 3.8) is 0 Å². The lowest BCUT2D eigenvalue weighted by Gasteiger charge is -2.10. The predicted molar refractivity (Wildman–Crippen MR) is 103 cm³/mol. The highest BCUT2D eigenvalue weighted by Gasteiger charge is 2.10. The first-order chi connectivity index (χ1) is 13.5. The van der Waals surface area contributed by atoms with E-state index >= 15 is 0 Å². The Hall–Kier alpha value is -3.68. The van der Waals surface area contributed by atoms with Crippen LogP contribution in [0.15, 0.2) is 55.2 Å². The van der Waals surface area contributed by atoms with E-state index in [4.69, 9.17) is 0 Å². The van der Waals surface area contributed by atoms with E-state index in [1.807, 2.05) is 18.2 Å². The van der Waals surface area contributed by atoms with Gasteiger partial charge in [-0.05, 0) is 43.7 Å². The lowest BCUT2D eigenvalue weighted by atomic mass is 10.2. The Balaban J connectivity index is 1.71. The molecule has 0 aliphatic rings. The van der Waals surface area contributed by atoms with Crippen LogP contribution in [-0.4, -0.2) is 36.3 Å². The largest absolute Gasteiger partial charge is 0.550 e. The molecule has 4 aromatic rings. The molecular weight excluding hydrogens is 356 g/mol. The van der Waals surface area contributed by atoms with Gasteiger partial charge in [0.2, 0.25) is 0 Å². The number of rotatable bonds is 6. The number of nitrogens with one attached hydrogen (secondary N) is 1. The van der Waals surface area contributed by atoms with E-state index in [1.165, 1.54) is 0 Å². The van der Waals surface area contributed by atoms with Gasteiger partial charge in [-0.1, -0.05) is 0 Å². The summed E-state index contributed by atoms with van der Waals surface area (Å²) in [5.74, 6) is 0.0259. The van der Waals surface area contributed by atoms with Crippen LogP contribution < -0.4 is 10.4 Å². The summed E-state index contributed by atoms with van der Waals surface area (Å²) < 4.78 is 3.47. The van der Waals surface area contributed by atoms with Crippen LogP contribution in [0.4, 0.5) is 5.69 Å². The zero-order valence-electron chi connectivity index (χ0n) is 15.5. The van der Waals surface area contributed by atoms with Crippen LogP contribution in [0.25, 0.3) is 22.5 Å². The van der Waals surface area contributed by atoms with Crippen LogP contribution in [0, 0.1) is 0 Å². The molecule has 8 heteroatoms. The molecule has 0 saturated heterocycles. The molecule has 3 aromatic heterocycles. The van der Waals surface area contributed by atoms with E-state index in [0.717, 1.165) is 16.6 Å². The van der Waals surface area contributed by atoms with E-state index < -0.39 is 5.97 Å². The number of carboxylic acids is 1. The molecule has 3 heterocycles. The molecule has 0 unspecified atom stereocenters. The van der Waals surface area contributed by atoms with Crippen molar-refractivity contribution in [1.29, 1.82) is 0 Å². The smallest absolute Gasteiger partial charge is 0.174 e. The molecule has 4 rings (SSSR count). The summed E-state index contributed by atoms with van der Waals surface area (Å²) in [6.07, 6.45) is 8.35. The highest BCUT2D eigenvalue weighted by Crippen LogP contribution is 2.22. The second-order valence-electron chi connectivity index (χ2n) is 6.84. The van der Waals surface area contributed by atoms with Gasteiger partial charge in [-0.25, -0.2) is 9.67 Å². The summed E-state index contributed by atoms with van der Waals surface area (Å²) in [6, 6.07) is 8.11. The summed E-state index contributed by atoms with van der Waals surface area (Å²) in [5.41, 5.74) is 2.56. The third-order valence-electron chi connectivity index (χ3n) is 4.22. The number of benzene rings is 1. The number of fused-ring (bicyclic) bond motifs is 1. The predicted octanol–water partition coefficient (Wildman–Crippen LogP) is 1.72. The third-order valence-corrected chi connectivity index (χ3v) is 4.22. The molecule has 0 atom stereocenters. The normalized spacial score (nSPS) is 11.2. The molecule has 0 spiro atoms. The second-order valence-corrected chi connectivity index (χ2v) is 6.84. The molecule has 0 amide bonds. The van der Waals surface area contributed by atoms with Gasteiger partial charge in [0.05, 0.1) is 24.1 Å². The molecule has 142 valence electrons. The molecule has 0 radical (unpaired) electrons. The van der Waals surface area contributed by atoms with Gasteiger partial charge in [0, 0.05) is 41.9 Å². The summed E-state index contributed by atoms with van der Waals surface area (Å²) in [5, 5.41) is 19.6. The van der Waals surface area contributed by atoms with Crippen molar-refractivity contribution < 1.29 is 9.90 Å². The third kappa shape index (κ3) is 3.57. The molecule has 0 bridgehead atoms. The van der Waals surface area contributed by atoms with E-state index in [9.17, 15) is 9.90 Å². The molecule has 28 heavy (non-hydrogen) atoms. The first-order valence-corrected chi connectivity index (χ1v) is 8.93. The van der Waals surface area contributed by atoms with Gasteiger partial charge in [-0.2, -0.15) is 5.10 Å². The van der Waals surface area contributed by atoms with Gasteiger partial charge in [-0.3, -0.25) is 4.98 Å². The quantitative estimate of drug-likeness (QED) is 0.551. The fraction of sp³-hybridized carbons (Fsp3) is 0.200. The van der Waals surface area contributed by atoms with Crippen molar-refractivity contribution in [3.05, 3.63) is 60.8 Å². The molecule has 0 aliphatic carbocycles. The molecule has 1 N–H and O–H groups in total. The van der Waals surface area contributed by atoms with Crippen molar-refractivity contribution >= 4 is 22.6 Å². The Morgan fingerprint density at radius 1 is 1.18 bits per heavy atom. The Bertz CT molecular complexity index is 1140. The minimum atomic E-state index is -1.12. The van der Waals surface area contributed by atoms with Crippen LogP contribution >= 0.6 is 0 Å². The van der Waals surface area contributed by atoms with Gasteiger partial charge >= 0.3 is 0 Å². The number of carboxylic acid groups (broad SMARTS) is 1. The minimum absolute atomic E-state index is 0.143. The number of aromatic nitrogens is 5. The molecule has 0 fully saturated rings. The topological polar surface area (TPSA) is 101 Å². The van der Waals surface area contributed by atoms with Gasteiger partial charge in [0.1, 0.15) is 0 Å². The Labute approximate surface area is 161 Å². The summed E-state index contributed by atoms with van der Waals surface area (Å²) >= 11 is 0. The average Bonchev–Trinajstić information content (AvgIpc) is 3.27. The maximum absolute atomic E-state index is 10.8. The molecule has 8 nitrogen and oxygen atoms in total. The second kappa shape index (κ2) is 7.15. The number of carbonyl (C=O) groups excluding carboxylic acids is 1. The Kier molecular flexibility index (Phi) is 4.52. The standard InChI is InChI=1S/C20H20N6O2/c1-13(2)23-16-4-3-15-9-22-26(17(15)8-16)19-11-21-10-18(24-19)25-6-5-14(12-25)7-20(27)28/h3-6,8-13,23H,7H2,1-2H3,(H,27,28)/p-1. The zero-order chi connectivity index (χ0) is 19.7. The number of anilines is 1. The van der Waals surface area contributed by atoms with Crippen molar-refractivity contribution in [2.45, 2.75) is 26.3 Å². The SMILES string of the molecule is CC(C)Nc1ccc2cnn(-c3cncc(-n4ccc(CC(=O)[O-])c4)n3)c2c1. The number of hydrogen-bond acceptors (Lipinski definition) is 6.